The van der Waals surface area contributed by atoms with Crippen LogP contribution in [0, 0.1) is 6.92 Å². The van der Waals surface area contributed by atoms with Crippen molar-refractivity contribution in [3.05, 3.63) is 23.7 Å². The molecule has 1 unspecified atom stereocenters. The number of likely N-dealkylation sites (N-methyl/N-ethyl adjacent to an activating group) is 1. The van der Waals surface area contributed by atoms with Gasteiger partial charge in [0.05, 0.1) is 19.2 Å². The molecule has 0 radical (unpaired) electrons. The van der Waals surface area contributed by atoms with E-state index in [9.17, 15) is 4.79 Å². The number of nitrogens with zero attached hydrogens (tertiary/aromatic N) is 3. The molecule has 3 rings (SSSR count). The van der Waals surface area contributed by atoms with E-state index in [4.69, 9.17) is 9.15 Å². The molecule has 2 aliphatic rings. The van der Waals surface area contributed by atoms with Crippen LogP contribution in [0.25, 0.3) is 0 Å². The van der Waals surface area contributed by atoms with Gasteiger partial charge in [0, 0.05) is 46.4 Å². The van der Waals surface area contributed by atoms with Crippen molar-refractivity contribution in [3.63, 3.8) is 0 Å². The number of aryl methyl sites for hydroxylation is 1. The largest absolute Gasteiger partial charge is 0.464 e. The van der Waals surface area contributed by atoms with E-state index in [1.165, 1.54) is 12.8 Å². The van der Waals surface area contributed by atoms with Crippen LogP contribution in [0.15, 0.2) is 16.5 Å². The molecule has 1 aromatic heterocycles. The lowest BCUT2D eigenvalue weighted by Crippen LogP contribution is -2.51. The van der Waals surface area contributed by atoms with E-state index >= 15 is 0 Å². The molecule has 3 heterocycles. The van der Waals surface area contributed by atoms with Crippen molar-refractivity contribution in [2.75, 3.05) is 52.9 Å². The minimum Gasteiger partial charge on any atom is -0.464 e. The Hall–Kier alpha value is -1.37. The maximum Gasteiger partial charge on any atom is 0.236 e. The van der Waals surface area contributed by atoms with Gasteiger partial charge in [-0.3, -0.25) is 14.6 Å². The van der Waals surface area contributed by atoms with E-state index in [2.05, 4.69) is 9.80 Å². The van der Waals surface area contributed by atoms with Crippen LogP contribution in [-0.4, -0.2) is 79.6 Å². The summed E-state index contributed by atoms with van der Waals surface area (Å²) in [5, 5.41) is 0. The van der Waals surface area contributed by atoms with E-state index in [1.54, 1.807) is 4.90 Å². The van der Waals surface area contributed by atoms with Gasteiger partial charge in [0.25, 0.3) is 0 Å². The third kappa shape index (κ3) is 4.82. The fraction of sp³-hybridized carbons (Fsp3) is 0.722. The Morgan fingerprint density at radius 2 is 2.00 bits per heavy atom. The number of carbonyl (C=O) groups excluding carboxylic acids is 1. The highest BCUT2D eigenvalue weighted by Gasteiger charge is 2.24. The standard InChI is InChI=1S/C18H29N3O3/c1-15-5-6-17(24-15)12-19(2)18(22)14-21-9-7-20(8-10-21)13-16-4-3-11-23-16/h5-6,16H,3-4,7-14H2,1-2H3. The zero-order chi connectivity index (χ0) is 16.9. The normalized spacial score (nSPS) is 22.8. The fourth-order valence-corrected chi connectivity index (χ4v) is 3.41. The molecule has 1 atom stereocenters. The van der Waals surface area contributed by atoms with Gasteiger partial charge in [-0.05, 0) is 31.9 Å². The van der Waals surface area contributed by atoms with Crippen LogP contribution >= 0.6 is 0 Å². The Labute approximate surface area is 144 Å². The maximum absolute atomic E-state index is 12.4. The summed E-state index contributed by atoms with van der Waals surface area (Å²) in [7, 11) is 1.84. The van der Waals surface area contributed by atoms with Crippen LogP contribution in [0.2, 0.25) is 0 Å². The lowest BCUT2D eigenvalue weighted by atomic mass is 10.2. The molecule has 2 fully saturated rings. The summed E-state index contributed by atoms with van der Waals surface area (Å²) in [4.78, 5) is 18.9. The SMILES string of the molecule is Cc1ccc(CN(C)C(=O)CN2CCN(CC3CCCO3)CC2)o1. The molecule has 134 valence electrons. The summed E-state index contributed by atoms with van der Waals surface area (Å²) in [5.74, 6) is 1.87. The summed E-state index contributed by atoms with van der Waals surface area (Å²) in [5.41, 5.74) is 0. The van der Waals surface area contributed by atoms with Gasteiger partial charge >= 0.3 is 0 Å². The van der Waals surface area contributed by atoms with Gasteiger partial charge in [-0.25, -0.2) is 0 Å². The Morgan fingerprint density at radius 3 is 2.62 bits per heavy atom. The maximum atomic E-state index is 12.4. The Kier molecular flexibility index (Phi) is 5.92. The second-order valence-electron chi connectivity index (χ2n) is 6.97. The quantitative estimate of drug-likeness (QED) is 0.785. The minimum atomic E-state index is 0.150. The number of hydrogen-bond acceptors (Lipinski definition) is 5. The van der Waals surface area contributed by atoms with Crippen molar-refractivity contribution in [1.82, 2.24) is 14.7 Å². The predicted octanol–water partition coefficient (Wildman–Crippen LogP) is 1.34. The number of ether oxygens (including phenoxy) is 1. The molecule has 0 aliphatic carbocycles. The number of carbonyl (C=O) groups is 1. The van der Waals surface area contributed by atoms with Gasteiger partial charge in [-0.2, -0.15) is 0 Å². The Morgan fingerprint density at radius 1 is 1.25 bits per heavy atom. The Bertz CT molecular complexity index is 531. The molecular formula is C18H29N3O3. The van der Waals surface area contributed by atoms with E-state index in [1.807, 2.05) is 26.1 Å². The molecule has 0 spiro atoms. The van der Waals surface area contributed by atoms with Gasteiger partial charge in [-0.15, -0.1) is 0 Å². The molecule has 0 saturated carbocycles. The second kappa shape index (κ2) is 8.14. The van der Waals surface area contributed by atoms with Crippen molar-refractivity contribution in [2.45, 2.75) is 32.4 Å². The molecule has 1 amide bonds. The number of rotatable bonds is 6. The summed E-state index contributed by atoms with van der Waals surface area (Å²) < 4.78 is 11.3. The first-order valence-corrected chi connectivity index (χ1v) is 8.96. The van der Waals surface area contributed by atoms with Gasteiger partial charge in [0.15, 0.2) is 0 Å². The molecule has 2 saturated heterocycles. The van der Waals surface area contributed by atoms with Gasteiger partial charge < -0.3 is 14.1 Å². The van der Waals surface area contributed by atoms with Crippen LogP contribution < -0.4 is 0 Å². The summed E-state index contributed by atoms with van der Waals surface area (Å²) in [6.07, 6.45) is 2.80. The van der Waals surface area contributed by atoms with Crippen molar-refractivity contribution in [2.24, 2.45) is 0 Å². The van der Waals surface area contributed by atoms with Crippen LogP contribution in [0.4, 0.5) is 0 Å². The number of amides is 1. The van der Waals surface area contributed by atoms with E-state index in [0.29, 0.717) is 19.2 Å². The zero-order valence-corrected chi connectivity index (χ0v) is 14.9. The Balaban J connectivity index is 1.37. The molecule has 6 nitrogen and oxygen atoms in total. The first kappa shape index (κ1) is 17.5. The monoisotopic (exact) mass is 335 g/mol. The number of furan rings is 1. The van der Waals surface area contributed by atoms with Crippen molar-refractivity contribution in [1.29, 1.82) is 0 Å². The van der Waals surface area contributed by atoms with Gasteiger partial charge in [-0.1, -0.05) is 0 Å². The first-order chi connectivity index (χ1) is 11.6. The zero-order valence-electron chi connectivity index (χ0n) is 14.9. The molecular weight excluding hydrogens is 306 g/mol. The first-order valence-electron chi connectivity index (χ1n) is 8.96. The lowest BCUT2D eigenvalue weighted by molar-refractivity contribution is -0.132. The van der Waals surface area contributed by atoms with Crippen LogP contribution in [0.3, 0.4) is 0 Å². The topological polar surface area (TPSA) is 49.2 Å². The van der Waals surface area contributed by atoms with Gasteiger partial charge in [0.1, 0.15) is 11.5 Å². The highest BCUT2D eigenvalue weighted by atomic mass is 16.5. The smallest absolute Gasteiger partial charge is 0.236 e. The van der Waals surface area contributed by atoms with E-state index < -0.39 is 0 Å². The van der Waals surface area contributed by atoms with Crippen molar-refractivity contribution in [3.8, 4) is 0 Å². The van der Waals surface area contributed by atoms with Crippen LogP contribution in [0.5, 0.6) is 0 Å². The van der Waals surface area contributed by atoms with Crippen molar-refractivity contribution >= 4 is 5.91 Å². The molecule has 0 bridgehead atoms. The third-order valence-corrected chi connectivity index (χ3v) is 4.92. The number of hydrogen-bond donors (Lipinski definition) is 0. The second-order valence-corrected chi connectivity index (χ2v) is 6.97. The average molecular weight is 335 g/mol. The molecule has 0 aromatic carbocycles. The molecule has 0 N–H and O–H groups in total. The number of piperazine rings is 1. The summed E-state index contributed by atoms with van der Waals surface area (Å²) >= 11 is 0. The van der Waals surface area contributed by atoms with Crippen LogP contribution in [0.1, 0.15) is 24.4 Å². The molecule has 2 aliphatic heterocycles. The third-order valence-electron chi connectivity index (χ3n) is 4.92. The minimum absolute atomic E-state index is 0.150. The summed E-state index contributed by atoms with van der Waals surface area (Å²) in [6.45, 7) is 8.85. The van der Waals surface area contributed by atoms with Gasteiger partial charge in [0.2, 0.25) is 5.91 Å². The fourth-order valence-electron chi connectivity index (χ4n) is 3.41. The van der Waals surface area contributed by atoms with Crippen LogP contribution in [-0.2, 0) is 16.1 Å². The highest BCUT2D eigenvalue weighted by molar-refractivity contribution is 5.77. The predicted molar refractivity (Wildman–Crippen MR) is 91.8 cm³/mol. The highest BCUT2D eigenvalue weighted by Crippen LogP contribution is 2.14. The van der Waals surface area contributed by atoms with E-state index in [-0.39, 0.29) is 5.91 Å². The lowest BCUT2D eigenvalue weighted by Gasteiger charge is -2.35. The van der Waals surface area contributed by atoms with E-state index in [0.717, 1.165) is 50.9 Å². The van der Waals surface area contributed by atoms with Crippen molar-refractivity contribution < 1.29 is 13.9 Å². The molecule has 1 aromatic rings. The molecule has 24 heavy (non-hydrogen) atoms. The molecule has 6 heteroatoms. The summed E-state index contributed by atoms with van der Waals surface area (Å²) in [6, 6.07) is 3.86. The average Bonchev–Trinajstić information content (AvgIpc) is 3.21.